The lowest BCUT2D eigenvalue weighted by Gasteiger charge is -2.05. The molecular weight excluding hydrogens is 104 g/mol. The van der Waals surface area contributed by atoms with Gasteiger partial charge in [-0.2, -0.15) is 0 Å². The molecule has 1 aliphatic rings. The molecule has 1 aliphatic heterocycles. The molecule has 1 N–H and O–H groups in total. The van der Waals surface area contributed by atoms with E-state index in [0.29, 0.717) is 0 Å². The van der Waals surface area contributed by atoms with E-state index in [1.165, 1.54) is 6.26 Å². The number of hydrogen-bond donors (Lipinski definition) is 1. The third-order valence-corrected chi connectivity index (χ3v) is 0.811. The first-order valence-electron chi connectivity index (χ1n) is 2.29. The first kappa shape index (κ1) is 5.03. The van der Waals surface area contributed by atoms with E-state index < -0.39 is 0 Å². The summed E-state index contributed by atoms with van der Waals surface area (Å²) in [6, 6.07) is 0. The fourth-order valence-corrected chi connectivity index (χ4v) is 0.449. The van der Waals surface area contributed by atoms with E-state index >= 15 is 0 Å². The van der Waals surface area contributed by atoms with Crippen LogP contribution in [-0.4, -0.2) is 6.23 Å². The van der Waals surface area contributed by atoms with Gasteiger partial charge in [0, 0.05) is 0 Å². The average molecular weight is 110 g/mol. The standard InChI is InChI=1S/C5H6N2O/c6-7-5-3-1-2-4-8-5/h1-6H. The van der Waals surface area contributed by atoms with Gasteiger partial charge in [-0.25, -0.2) is 5.53 Å². The summed E-state index contributed by atoms with van der Waals surface area (Å²) in [4.78, 5) is 0. The van der Waals surface area contributed by atoms with Crippen molar-refractivity contribution in [1.82, 2.24) is 0 Å². The molecule has 1 atom stereocenters. The van der Waals surface area contributed by atoms with Crippen LogP contribution in [0.3, 0.4) is 0 Å². The molecule has 0 aromatic rings. The zero-order valence-corrected chi connectivity index (χ0v) is 4.24. The number of hydrogen-bond acceptors (Lipinski definition) is 3. The predicted octanol–water partition coefficient (Wildman–Crippen LogP) is 1.44. The smallest absolute Gasteiger partial charge is 0.226 e. The van der Waals surface area contributed by atoms with Gasteiger partial charge in [0.05, 0.1) is 6.26 Å². The molecule has 1 rings (SSSR count). The van der Waals surface area contributed by atoms with Gasteiger partial charge in [0.25, 0.3) is 0 Å². The van der Waals surface area contributed by atoms with Gasteiger partial charge in [-0.1, -0.05) is 6.08 Å². The maximum Gasteiger partial charge on any atom is 0.226 e. The molecule has 3 nitrogen and oxygen atoms in total. The van der Waals surface area contributed by atoms with Crippen molar-refractivity contribution in [3.05, 3.63) is 24.5 Å². The largest absolute Gasteiger partial charge is 0.471 e. The molecule has 8 heavy (non-hydrogen) atoms. The summed E-state index contributed by atoms with van der Waals surface area (Å²) in [7, 11) is 0. The van der Waals surface area contributed by atoms with Crippen LogP contribution in [0.2, 0.25) is 0 Å². The van der Waals surface area contributed by atoms with Crippen molar-refractivity contribution in [2.24, 2.45) is 5.11 Å². The number of ether oxygens (including phenoxy) is 1. The van der Waals surface area contributed by atoms with Gasteiger partial charge in [0.15, 0.2) is 0 Å². The summed E-state index contributed by atoms with van der Waals surface area (Å²) in [6.07, 6.45) is 6.38. The molecule has 0 saturated carbocycles. The summed E-state index contributed by atoms with van der Waals surface area (Å²) < 4.78 is 4.81. The van der Waals surface area contributed by atoms with Crippen LogP contribution in [0.5, 0.6) is 0 Å². The minimum absolute atomic E-state index is 0.389. The molecule has 0 aliphatic carbocycles. The zero-order valence-electron chi connectivity index (χ0n) is 4.24. The van der Waals surface area contributed by atoms with Gasteiger partial charge in [0.1, 0.15) is 0 Å². The summed E-state index contributed by atoms with van der Waals surface area (Å²) in [5.74, 6) is 0. The van der Waals surface area contributed by atoms with Gasteiger partial charge in [-0.3, -0.25) is 0 Å². The normalized spacial score (nSPS) is 24.8. The lowest BCUT2D eigenvalue weighted by molar-refractivity contribution is 0.182. The Hall–Kier alpha value is -1.12. The number of allylic oxidation sites excluding steroid dienone is 2. The highest BCUT2D eigenvalue weighted by Gasteiger charge is 1.98. The summed E-state index contributed by atoms with van der Waals surface area (Å²) in [5.41, 5.74) is 6.51. The Labute approximate surface area is 47.2 Å². The summed E-state index contributed by atoms with van der Waals surface area (Å²) >= 11 is 0. The van der Waals surface area contributed by atoms with Crippen LogP contribution in [0, 0.1) is 5.53 Å². The third kappa shape index (κ3) is 0.932. The van der Waals surface area contributed by atoms with Gasteiger partial charge >= 0.3 is 0 Å². The van der Waals surface area contributed by atoms with Crippen LogP contribution in [-0.2, 0) is 4.74 Å². The maximum atomic E-state index is 6.51. The second-order valence-corrected chi connectivity index (χ2v) is 1.37. The fourth-order valence-electron chi connectivity index (χ4n) is 0.449. The summed E-state index contributed by atoms with van der Waals surface area (Å²) in [5, 5.41) is 3.14. The van der Waals surface area contributed by atoms with E-state index in [1.807, 2.05) is 0 Å². The molecule has 0 spiro atoms. The monoisotopic (exact) mass is 110 g/mol. The summed E-state index contributed by atoms with van der Waals surface area (Å²) in [6.45, 7) is 0. The third-order valence-electron chi connectivity index (χ3n) is 0.811. The number of nitrogens with one attached hydrogen (secondary N) is 1. The van der Waals surface area contributed by atoms with Crippen LogP contribution in [0.15, 0.2) is 29.6 Å². The van der Waals surface area contributed by atoms with Crippen LogP contribution in [0.25, 0.3) is 0 Å². The quantitative estimate of drug-likeness (QED) is 0.510. The van der Waals surface area contributed by atoms with E-state index in [2.05, 4.69) is 5.11 Å². The molecule has 0 bridgehead atoms. The Morgan fingerprint density at radius 3 is 2.75 bits per heavy atom. The van der Waals surface area contributed by atoms with E-state index in [9.17, 15) is 0 Å². The second-order valence-electron chi connectivity index (χ2n) is 1.37. The van der Waals surface area contributed by atoms with E-state index in [1.54, 1.807) is 18.2 Å². The van der Waals surface area contributed by atoms with Crippen molar-refractivity contribution >= 4 is 0 Å². The lowest BCUT2D eigenvalue weighted by atomic mass is 10.4. The average Bonchev–Trinajstić information content (AvgIpc) is 1.90. The van der Waals surface area contributed by atoms with Crippen LogP contribution in [0.1, 0.15) is 0 Å². The first-order chi connectivity index (χ1) is 3.93. The maximum absolute atomic E-state index is 6.51. The topological polar surface area (TPSA) is 45.4 Å². The van der Waals surface area contributed by atoms with Gasteiger partial charge in [-0.05, 0) is 12.2 Å². The van der Waals surface area contributed by atoms with Gasteiger partial charge < -0.3 is 4.74 Å². The number of rotatable bonds is 1. The van der Waals surface area contributed by atoms with Crippen molar-refractivity contribution in [3.63, 3.8) is 0 Å². The highest BCUT2D eigenvalue weighted by atomic mass is 16.5. The van der Waals surface area contributed by atoms with Crippen molar-refractivity contribution in [3.8, 4) is 0 Å². The molecular formula is C5H6N2O. The molecule has 0 aromatic carbocycles. The van der Waals surface area contributed by atoms with E-state index in [0.717, 1.165) is 0 Å². The molecule has 42 valence electrons. The van der Waals surface area contributed by atoms with Gasteiger partial charge in [0.2, 0.25) is 6.23 Å². The number of nitrogens with zero attached hydrogens (tertiary/aromatic N) is 1. The Kier molecular flexibility index (Phi) is 1.42. The zero-order chi connectivity index (χ0) is 5.82. The molecule has 1 unspecified atom stereocenters. The minimum Gasteiger partial charge on any atom is -0.471 e. The molecule has 1 heterocycles. The van der Waals surface area contributed by atoms with E-state index in [-0.39, 0.29) is 6.23 Å². The molecule has 3 heteroatoms. The highest BCUT2D eigenvalue weighted by molar-refractivity contribution is 5.06. The highest BCUT2D eigenvalue weighted by Crippen LogP contribution is 2.01. The van der Waals surface area contributed by atoms with Gasteiger partial charge in [-0.15, -0.1) is 5.11 Å². The SMILES string of the molecule is N=NC1C=CC=CO1. The lowest BCUT2D eigenvalue weighted by Crippen LogP contribution is -2.01. The van der Waals surface area contributed by atoms with E-state index in [4.69, 9.17) is 10.3 Å². The predicted molar refractivity (Wildman–Crippen MR) is 28.3 cm³/mol. The van der Waals surface area contributed by atoms with Crippen molar-refractivity contribution in [2.45, 2.75) is 6.23 Å². The fraction of sp³-hybridized carbons (Fsp3) is 0.200. The molecule has 0 aromatic heterocycles. The van der Waals surface area contributed by atoms with Crippen molar-refractivity contribution in [1.29, 1.82) is 5.53 Å². The van der Waals surface area contributed by atoms with Crippen LogP contribution in [0.4, 0.5) is 0 Å². The molecule has 0 radical (unpaired) electrons. The molecule has 0 saturated heterocycles. The Morgan fingerprint density at radius 1 is 1.50 bits per heavy atom. The van der Waals surface area contributed by atoms with Crippen molar-refractivity contribution < 1.29 is 4.74 Å². The Bertz CT molecular complexity index is 139. The first-order valence-corrected chi connectivity index (χ1v) is 2.29. The Morgan fingerprint density at radius 2 is 2.38 bits per heavy atom. The molecule has 0 amide bonds. The van der Waals surface area contributed by atoms with Crippen molar-refractivity contribution in [2.75, 3.05) is 0 Å². The second kappa shape index (κ2) is 2.26. The molecule has 0 fully saturated rings. The Balaban J connectivity index is 2.51. The minimum atomic E-state index is -0.389. The van der Waals surface area contributed by atoms with Crippen LogP contribution < -0.4 is 0 Å². The van der Waals surface area contributed by atoms with Crippen LogP contribution >= 0.6 is 0 Å².